The standard InChI is InChI=1S/C53H77N9O17/c1-9-29(6)43(50(76)62-53(8,30(7)63)52(79)59-36(24-32-18-14-11-15-19-32)49(75)60-42(28(4)5)51(77)78)61-45(71)34(20-21-39(64)65)55-47(73)37(25-40(66)67)58-48(74)38(26-41(68)69)57-46(72)35(22-27(2)3)56-44(70)33(54)23-31-16-12-10-13-17-31/h10-19,27-30,33-38,42-43,63H,9,20-26,54H2,1-8H3,(H,55,73)(H,56,70)(H,57,72)(H,58,74)(H,59,79)(H,60,75)(H,61,71)(H,62,76)(H,64,65)(H,66,67)(H,68,69)(H,77,78). The number of hydrogen-bond acceptors (Lipinski definition) is 14. The highest BCUT2D eigenvalue weighted by molar-refractivity contribution is 6.00. The summed E-state index contributed by atoms with van der Waals surface area (Å²) >= 11 is 0. The number of amides is 8. The van der Waals surface area contributed by atoms with E-state index in [1.165, 1.54) is 6.92 Å². The smallest absolute Gasteiger partial charge is 0.326 e. The number of rotatable bonds is 34. The van der Waals surface area contributed by atoms with Gasteiger partial charge in [0.1, 0.15) is 47.8 Å². The molecule has 2 aromatic rings. The van der Waals surface area contributed by atoms with Crippen LogP contribution in [-0.4, -0.2) is 157 Å². The summed E-state index contributed by atoms with van der Waals surface area (Å²) in [6, 6.07) is 4.14. The second kappa shape index (κ2) is 32.0. The Morgan fingerprint density at radius 2 is 0.949 bits per heavy atom. The van der Waals surface area contributed by atoms with Crippen LogP contribution < -0.4 is 48.3 Å². The zero-order valence-electron chi connectivity index (χ0n) is 45.6. The van der Waals surface area contributed by atoms with Crippen LogP contribution >= 0.6 is 0 Å². The van der Waals surface area contributed by atoms with Crippen molar-refractivity contribution in [3.05, 3.63) is 71.8 Å². The molecule has 11 unspecified atom stereocenters. The Morgan fingerprint density at radius 3 is 1.38 bits per heavy atom. The fraction of sp³-hybridized carbons (Fsp3) is 0.547. The molecule has 26 heteroatoms. The molecule has 2 rings (SSSR count). The Kier molecular flexibility index (Phi) is 27.2. The van der Waals surface area contributed by atoms with Gasteiger partial charge in [-0.05, 0) is 62.0 Å². The molecule has 79 heavy (non-hydrogen) atoms. The topological polar surface area (TPSA) is 428 Å². The maximum Gasteiger partial charge on any atom is 0.326 e. The first-order valence-corrected chi connectivity index (χ1v) is 25.7. The summed E-state index contributed by atoms with van der Waals surface area (Å²) < 4.78 is 0. The zero-order valence-corrected chi connectivity index (χ0v) is 45.6. The Bertz CT molecular complexity index is 2460. The van der Waals surface area contributed by atoms with E-state index in [4.69, 9.17) is 5.73 Å². The molecule has 0 bridgehead atoms. The van der Waals surface area contributed by atoms with Gasteiger partial charge in [0.15, 0.2) is 0 Å². The van der Waals surface area contributed by atoms with Gasteiger partial charge in [-0.1, -0.05) is 109 Å². The van der Waals surface area contributed by atoms with Gasteiger partial charge in [-0.25, -0.2) is 4.79 Å². The van der Waals surface area contributed by atoms with E-state index >= 15 is 0 Å². The van der Waals surface area contributed by atoms with Crippen LogP contribution in [0.15, 0.2) is 60.7 Å². The minimum Gasteiger partial charge on any atom is -0.481 e. The molecular weight excluding hydrogens is 1030 g/mol. The summed E-state index contributed by atoms with van der Waals surface area (Å²) in [5.74, 6) is -16.6. The van der Waals surface area contributed by atoms with Crippen molar-refractivity contribution in [3.63, 3.8) is 0 Å². The fourth-order valence-corrected chi connectivity index (χ4v) is 7.84. The third-order valence-corrected chi connectivity index (χ3v) is 12.9. The van der Waals surface area contributed by atoms with Crippen LogP contribution in [0, 0.1) is 17.8 Å². The lowest BCUT2D eigenvalue weighted by atomic mass is 9.91. The van der Waals surface area contributed by atoms with Crippen LogP contribution in [0.2, 0.25) is 0 Å². The maximum atomic E-state index is 14.3. The lowest BCUT2D eigenvalue weighted by Crippen LogP contribution is -2.68. The van der Waals surface area contributed by atoms with Crippen LogP contribution in [0.25, 0.3) is 0 Å². The average molecular weight is 1110 g/mol. The van der Waals surface area contributed by atoms with Gasteiger partial charge in [0.05, 0.1) is 25.0 Å². The minimum absolute atomic E-state index is 0.0120. The molecule has 0 aliphatic carbocycles. The Labute approximate surface area is 457 Å². The summed E-state index contributed by atoms with van der Waals surface area (Å²) in [6.07, 6.45) is -5.43. The Balaban J connectivity index is 2.45. The molecule has 8 amide bonds. The van der Waals surface area contributed by atoms with E-state index in [1.54, 1.807) is 95.3 Å². The van der Waals surface area contributed by atoms with Crippen molar-refractivity contribution in [3.8, 4) is 0 Å². The molecule has 0 saturated heterocycles. The number of carbonyl (C=O) groups excluding carboxylic acids is 8. The number of carbonyl (C=O) groups is 12. The van der Waals surface area contributed by atoms with Gasteiger partial charge in [0.2, 0.25) is 47.3 Å². The summed E-state index contributed by atoms with van der Waals surface area (Å²) in [4.78, 5) is 159. The number of carboxylic acids is 4. The van der Waals surface area contributed by atoms with Crippen LogP contribution in [-0.2, 0) is 70.4 Å². The lowest BCUT2D eigenvalue weighted by Gasteiger charge is -2.36. The van der Waals surface area contributed by atoms with Crippen molar-refractivity contribution in [1.29, 1.82) is 0 Å². The van der Waals surface area contributed by atoms with Gasteiger partial charge < -0.3 is 73.8 Å². The van der Waals surface area contributed by atoms with Gasteiger partial charge in [-0.3, -0.25) is 52.7 Å². The van der Waals surface area contributed by atoms with Gasteiger partial charge in [0.25, 0.3) is 0 Å². The monoisotopic (exact) mass is 1110 g/mol. The summed E-state index contributed by atoms with van der Waals surface area (Å²) in [5, 5.41) is 68.7. The van der Waals surface area contributed by atoms with Gasteiger partial charge in [-0.15, -0.1) is 0 Å². The quantitative estimate of drug-likeness (QED) is 0.0404. The van der Waals surface area contributed by atoms with Gasteiger partial charge in [-0.2, -0.15) is 0 Å². The molecular formula is C53H77N9O17. The minimum atomic E-state index is -2.27. The summed E-state index contributed by atoms with van der Waals surface area (Å²) in [5.41, 5.74) is 5.12. The van der Waals surface area contributed by atoms with E-state index in [2.05, 4.69) is 42.5 Å². The molecule has 2 aromatic carbocycles. The average Bonchev–Trinajstić information content (AvgIpc) is 3.37. The van der Waals surface area contributed by atoms with Crippen molar-refractivity contribution < 1.29 is 83.1 Å². The number of aliphatic hydroxyl groups excluding tert-OH is 1. The Morgan fingerprint density at radius 1 is 0.519 bits per heavy atom. The highest BCUT2D eigenvalue weighted by Gasteiger charge is 2.44. The van der Waals surface area contributed by atoms with Crippen molar-refractivity contribution in [1.82, 2.24) is 42.5 Å². The predicted molar refractivity (Wildman–Crippen MR) is 283 cm³/mol. The maximum absolute atomic E-state index is 14.3. The van der Waals surface area contributed by atoms with Crippen molar-refractivity contribution in [2.75, 3.05) is 0 Å². The lowest BCUT2D eigenvalue weighted by molar-refractivity contribution is -0.144. The number of carboxylic acid groups (broad SMARTS) is 4. The number of aliphatic carboxylic acids is 4. The number of hydrogen-bond donors (Lipinski definition) is 14. The van der Waals surface area contributed by atoms with E-state index in [0.29, 0.717) is 5.56 Å². The first-order valence-electron chi connectivity index (χ1n) is 25.7. The molecule has 0 saturated carbocycles. The van der Waals surface area contributed by atoms with Crippen molar-refractivity contribution >= 4 is 71.1 Å². The molecule has 11 atom stereocenters. The van der Waals surface area contributed by atoms with Crippen molar-refractivity contribution in [2.24, 2.45) is 23.5 Å². The molecule has 26 nitrogen and oxygen atoms in total. The molecule has 436 valence electrons. The van der Waals surface area contributed by atoms with Crippen LogP contribution in [0.5, 0.6) is 0 Å². The van der Waals surface area contributed by atoms with Gasteiger partial charge >= 0.3 is 23.9 Å². The highest BCUT2D eigenvalue weighted by Crippen LogP contribution is 2.18. The van der Waals surface area contributed by atoms with E-state index in [-0.39, 0.29) is 31.6 Å². The van der Waals surface area contributed by atoms with E-state index in [1.807, 2.05) is 0 Å². The molecule has 0 fully saturated rings. The van der Waals surface area contributed by atoms with E-state index < -0.39 is 169 Å². The number of nitrogens with two attached hydrogens (primary N) is 1. The number of nitrogens with one attached hydrogen (secondary N) is 8. The van der Waals surface area contributed by atoms with Crippen molar-refractivity contribution in [2.45, 2.75) is 167 Å². The summed E-state index contributed by atoms with van der Waals surface area (Å²) in [6.45, 7) is 12.0. The molecule has 0 spiro atoms. The molecule has 0 aliphatic rings. The Hall–Kier alpha value is -8.00. The molecule has 0 radical (unpaired) electrons. The van der Waals surface area contributed by atoms with Crippen LogP contribution in [0.1, 0.15) is 105 Å². The normalized spacial score (nSPS) is 15.7. The van der Waals surface area contributed by atoms with Gasteiger partial charge in [0, 0.05) is 12.8 Å². The zero-order chi connectivity index (χ0) is 59.9. The molecule has 15 N–H and O–H groups in total. The molecule has 0 aliphatic heterocycles. The van der Waals surface area contributed by atoms with Crippen LogP contribution in [0.3, 0.4) is 0 Å². The second-order valence-corrected chi connectivity index (χ2v) is 20.3. The van der Waals surface area contributed by atoms with E-state index in [0.717, 1.165) is 19.4 Å². The number of aliphatic hydroxyl groups is 1. The second-order valence-electron chi connectivity index (χ2n) is 20.3. The molecule has 0 heterocycles. The molecule has 0 aromatic heterocycles. The third-order valence-electron chi connectivity index (χ3n) is 12.9. The van der Waals surface area contributed by atoms with Crippen LogP contribution in [0.4, 0.5) is 0 Å². The van der Waals surface area contributed by atoms with E-state index in [9.17, 15) is 83.1 Å². The fourth-order valence-electron chi connectivity index (χ4n) is 7.84. The third kappa shape index (κ3) is 22.5. The predicted octanol–water partition coefficient (Wildman–Crippen LogP) is -0.905. The number of benzene rings is 2. The SMILES string of the molecule is CCC(C)C(NC(=O)C(CCC(=O)O)NC(=O)C(CC(=O)O)NC(=O)C(CC(=O)O)NC(=O)C(CC(C)C)NC(=O)C(N)Cc1ccccc1)C(=O)NC(C)(C(=O)NC(Cc1ccccc1)C(=O)NC(C(=O)O)C(C)C)C(C)O. The first kappa shape index (κ1) is 67.1. The largest absolute Gasteiger partial charge is 0.481 e. The summed E-state index contributed by atoms with van der Waals surface area (Å²) in [7, 11) is 0. The highest BCUT2D eigenvalue weighted by atomic mass is 16.4. The first-order chi connectivity index (χ1) is 36.9.